The maximum atomic E-state index is 12.0. The number of rotatable bonds is 3. The van der Waals surface area contributed by atoms with Crippen LogP contribution in [0.15, 0.2) is 18.3 Å². The van der Waals surface area contributed by atoms with Gasteiger partial charge in [-0.15, -0.1) is 24.8 Å². The van der Waals surface area contributed by atoms with E-state index < -0.39 is 0 Å². The van der Waals surface area contributed by atoms with Crippen molar-refractivity contribution < 1.29 is 4.79 Å². The first kappa shape index (κ1) is 19.0. The van der Waals surface area contributed by atoms with Gasteiger partial charge in [0.25, 0.3) is 0 Å². The Morgan fingerprint density at radius 2 is 2.00 bits per heavy atom. The number of anilines is 2. The van der Waals surface area contributed by atoms with E-state index in [4.69, 9.17) is 0 Å². The van der Waals surface area contributed by atoms with Gasteiger partial charge >= 0.3 is 0 Å². The quantitative estimate of drug-likeness (QED) is 0.882. The summed E-state index contributed by atoms with van der Waals surface area (Å²) in [5.41, 5.74) is 0.794. The fourth-order valence-corrected chi connectivity index (χ4v) is 2.89. The molecule has 2 N–H and O–H groups in total. The van der Waals surface area contributed by atoms with E-state index in [1.807, 2.05) is 12.1 Å². The Balaban J connectivity index is 0.00000121. The zero-order valence-corrected chi connectivity index (χ0v) is 14.2. The Morgan fingerprint density at radius 3 is 2.59 bits per heavy atom. The average Bonchev–Trinajstić information content (AvgIpc) is 3.03. The van der Waals surface area contributed by atoms with E-state index in [1.165, 1.54) is 19.3 Å². The van der Waals surface area contributed by atoms with Crippen LogP contribution in [0.2, 0.25) is 0 Å². The standard InChI is InChI=1S/C15H22N4O.2ClH/c20-15(12-6-7-16-10-12)18-13-4-5-14(17-11-13)19-8-2-1-3-9-19;;/h4-5,11-12,16H,1-3,6-10H2,(H,18,20);2*1H. The molecule has 1 atom stereocenters. The molecule has 0 bridgehead atoms. The highest BCUT2D eigenvalue weighted by molar-refractivity contribution is 5.92. The minimum atomic E-state index is 0. The van der Waals surface area contributed by atoms with Gasteiger partial charge in [0.15, 0.2) is 0 Å². The first-order valence-corrected chi connectivity index (χ1v) is 7.55. The summed E-state index contributed by atoms with van der Waals surface area (Å²) in [7, 11) is 0. The fraction of sp³-hybridized carbons (Fsp3) is 0.600. The molecular formula is C15H24Cl2N4O. The third kappa shape index (κ3) is 4.73. The molecule has 124 valence electrons. The van der Waals surface area contributed by atoms with Crippen LogP contribution in [0.25, 0.3) is 0 Å². The number of carbonyl (C=O) groups is 1. The molecule has 0 aromatic carbocycles. The lowest BCUT2D eigenvalue weighted by Crippen LogP contribution is -2.30. The van der Waals surface area contributed by atoms with E-state index in [9.17, 15) is 4.79 Å². The van der Waals surface area contributed by atoms with Gasteiger partial charge in [-0.25, -0.2) is 4.98 Å². The van der Waals surface area contributed by atoms with Gasteiger partial charge in [0.2, 0.25) is 5.91 Å². The molecule has 1 aromatic heterocycles. The second-order valence-electron chi connectivity index (χ2n) is 5.63. The van der Waals surface area contributed by atoms with Crippen LogP contribution < -0.4 is 15.5 Å². The number of aromatic nitrogens is 1. The van der Waals surface area contributed by atoms with Gasteiger partial charge in [-0.3, -0.25) is 4.79 Å². The number of hydrogen-bond acceptors (Lipinski definition) is 4. The van der Waals surface area contributed by atoms with E-state index in [1.54, 1.807) is 6.20 Å². The van der Waals surface area contributed by atoms with Gasteiger partial charge in [-0.05, 0) is 44.4 Å². The summed E-state index contributed by atoms with van der Waals surface area (Å²) in [6, 6.07) is 3.96. The van der Waals surface area contributed by atoms with E-state index in [2.05, 4.69) is 20.5 Å². The average molecular weight is 347 g/mol. The lowest BCUT2D eigenvalue weighted by molar-refractivity contribution is -0.119. The van der Waals surface area contributed by atoms with Crippen LogP contribution >= 0.6 is 24.8 Å². The molecule has 1 unspecified atom stereocenters. The van der Waals surface area contributed by atoms with Crippen molar-refractivity contribution in [3.05, 3.63) is 18.3 Å². The van der Waals surface area contributed by atoms with Gasteiger partial charge in [0.05, 0.1) is 17.8 Å². The van der Waals surface area contributed by atoms with Crippen molar-refractivity contribution in [2.24, 2.45) is 5.92 Å². The highest BCUT2D eigenvalue weighted by Gasteiger charge is 2.22. The molecule has 3 heterocycles. The number of carbonyl (C=O) groups excluding carboxylic acids is 1. The number of pyridine rings is 1. The van der Waals surface area contributed by atoms with Crippen molar-refractivity contribution >= 4 is 42.2 Å². The van der Waals surface area contributed by atoms with Crippen molar-refractivity contribution in [1.29, 1.82) is 0 Å². The molecule has 1 aromatic rings. The molecule has 7 heteroatoms. The molecule has 22 heavy (non-hydrogen) atoms. The lowest BCUT2D eigenvalue weighted by Gasteiger charge is -2.27. The zero-order chi connectivity index (χ0) is 13.8. The lowest BCUT2D eigenvalue weighted by atomic mass is 10.1. The first-order chi connectivity index (χ1) is 9.83. The summed E-state index contributed by atoms with van der Waals surface area (Å²) in [5.74, 6) is 1.21. The third-order valence-corrected chi connectivity index (χ3v) is 4.13. The molecule has 2 saturated heterocycles. The van der Waals surface area contributed by atoms with Crippen molar-refractivity contribution in [3.63, 3.8) is 0 Å². The van der Waals surface area contributed by atoms with Crippen LogP contribution in [0.1, 0.15) is 25.7 Å². The fourth-order valence-electron chi connectivity index (χ4n) is 2.89. The molecule has 2 aliphatic rings. The van der Waals surface area contributed by atoms with Gasteiger partial charge in [-0.1, -0.05) is 0 Å². The van der Waals surface area contributed by atoms with Crippen LogP contribution in [-0.2, 0) is 4.79 Å². The van der Waals surface area contributed by atoms with Gasteiger partial charge in [0, 0.05) is 19.6 Å². The van der Waals surface area contributed by atoms with E-state index in [-0.39, 0.29) is 36.6 Å². The molecular weight excluding hydrogens is 323 g/mol. The van der Waals surface area contributed by atoms with E-state index in [0.717, 1.165) is 44.1 Å². The molecule has 0 saturated carbocycles. The van der Waals surface area contributed by atoms with E-state index in [0.29, 0.717) is 0 Å². The van der Waals surface area contributed by atoms with Crippen LogP contribution in [0.5, 0.6) is 0 Å². The normalized spacial score (nSPS) is 20.7. The van der Waals surface area contributed by atoms with Crippen LogP contribution in [0.4, 0.5) is 11.5 Å². The predicted octanol–water partition coefficient (Wildman–Crippen LogP) is 2.46. The van der Waals surface area contributed by atoms with Crippen LogP contribution in [0, 0.1) is 5.92 Å². The van der Waals surface area contributed by atoms with Crippen molar-refractivity contribution in [3.8, 4) is 0 Å². The third-order valence-electron chi connectivity index (χ3n) is 4.13. The minimum Gasteiger partial charge on any atom is -0.357 e. The summed E-state index contributed by atoms with van der Waals surface area (Å²) in [4.78, 5) is 18.8. The zero-order valence-electron chi connectivity index (χ0n) is 12.6. The number of nitrogens with zero attached hydrogens (tertiary/aromatic N) is 2. The summed E-state index contributed by atoms with van der Waals surface area (Å²) < 4.78 is 0. The van der Waals surface area contributed by atoms with Gasteiger partial charge < -0.3 is 15.5 Å². The number of piperidine rings is 1. The second-order valence-corrected chi connectivity index (χ2v) is 5.63. The monoisotopic (exact) mass is 346 g/mol. The molecule has 2 fully saturated rings. The molecule has 5 nitrogen and oxygen atoms in total. The summed E-state index contributed by atoms with van der Waals surface area (Å²) in [6.45, 7) is 3.90. The molecule has 1 amide bonds. The highest BCUT2D eigenvalue weighted by Crippen LogP contribution is 2.19. The largest absolute Gasteiger partial charge is 0.357 e. The van der Waals surface area contributed by atoms with Crippen molar-refractivity contribution in [2.45, 2.75) is 25.7 Å². The minimum absolute atomic E-state index is 0. The number of nitrogens with one attached hydrogen (secondary N) is 2. The molecule has 0 spiro atoms. The van der Waals surface area contributed by atoms with Crippen LogP contribution in [-0.4, -0.2) is 37.1 Å². The molecule has 2 aliphatic heterocycles. The smallest absolute Gasteiger partial charge is 0.228 e. The van der Waals surface area contributed by atoms with Gasteiger partial charge in [-0.2, -0.15) is 0 Å². The maximum absolute atomic E-state index is 12.0. The number of amides is 1. The Bertz CT molecular complexity index is 457. The Hall–Kier alpha value is -1.04. The summed E-state index contributed by atoms with van der Waals surface area (Å²) in [5, 5.41) is 6.16. The van der Waals surface area contributed by atoms with E-state index >= 15 is 0 Å². The predicted molar refractivity (Wildman–Crippen MR) is 94.4 cm³/mol. The highest BCUT2D eigenvalue weighted by atomic mass is 35.5. The molecule has 0 aliphatic carbocycles. The molecule has 3 rings (SSSR count). The first-order valence-electron chi connectivity index (χ1n) is 7.55. The van der Waals surface area contributed by atoms with Crippen molar-refractivity contribution in [1.82, 2.24) is 10.3 Å². The second kappa shape index (κ2) is 9.18. The van der Waals surface area contributed by atoms with Gasteiger partial charge in [0.1, 0.15) is 5.82 Å². The Morgan fingerprint density at radius 1 is 1.23 bits per heavy atom. The van der Waals surface area contributed by atoms with Crippen molar-refractivity contribution in [2.75, 3.05) is 36.4 Å². The SMILES string of the molecule is Cl.Cl.O=C(Nc1ccc(N2CCCCC2)nc1)C1CCNC1. The molecule has 0 radical (unpaired) electrons. The number of halogens is 2. The summed E-state index contributed by atoms with van der Waals surface area (Å²) >= 11 is 0. The topological polar surface area (TPSA) is 57.3 Å². The Labute approximate surface area is 144 Å². The van der Waals surface area contributed by atoms with Crippen LogP contribution in [0.3, 0.4) is 0 Å². The maximum Gasteiger partial charge on any atom is 0.228 e. The Kier molecular flexibility index (Phi) is 7.93. The summed E-state index contributed by atoms with van der Waals surface area (Å²) in [6.07, 6.45) is 6.50. The number of hydrogen-bond donors (Lipinski definition) is 2.